The van der Waals surface area contributed by atoms with Gasteiger partial charge in [0.05, 0.1) is 23.9 Å². The molecule has 2 rings (SSSR count). The van der Waals surface area contributed by atoms with E-state index < -0.39 is 6.10 Å². The number of aromatic nitrogens is 2. The van der Waals surface area contributed by atoms with Crippen molar-refractivity contribution in [1.29, 1.82) is 5.26 Å². The predicted molar refractivity (Wildman–Crippen MR) is 67.9 cm³/mol. The Labute approximate surface area is 105 Å². The van der Waals surface area contributed by atoms with Gasteiger partial charge >= 0.3 is 0 Å². The summed E-state index contributed by atoms with van der Waals surface area (Å²) in [4.78, 5) is 0. The first-order valence-corrected chi connectivity index (χ1v) is 5.68. The van der Waals surface area contributed by atoms with Gasteiger partial charge in [0.25, 0.3) is 0 Å². The summed E-state index contributed by atoms with van der Waals surface area (Å²) in [5, 5.41) is 25.8. The van der Waals surface area contributed by atoms with E-state index in [1.54, 1.807) is 23.1 Å². The molecule has 0 saturated heterocycles. The molecule has 2 N–H and O–H groups in total. The molecular formula is C13H14N4O. The normalized spacial score (nSPS) is 11.8. The summed E-state index contributed by atoms with van der Waals surface area (Å²) in [5.41, 5.74) is 1.31. The van der Waals surface area contributed by atoms with Crippen LogP contribution in [0.1, 0.15) is 5.56 Å². The molecule has 5 heteroatoms. The minimum atomic E-state index is -0.559. The van der Waals surface area contributed by atoms with Crippen LogP contribution in [0.5, 0.6) is 0 Å². The Bertz CT molecular complexity index is 530. The molecule has 1 aromatic carbocycles. The summed E-state index contributed by atoms with van der Waals surface area (Å²) in [6, 6.07) is 11.1. The average molecular weight is 242 g/mol. The third-order valence-corrected chi connectivity index (χ3v) is 2.53. The first-order valence-electron chi connectivity index (χ1n) is 5.68. The van der Waals surface area contributed by atoms with E-state index >= 15 is 0 Å². The summed E-state index contributed by atoms with van der Waals surface area (Å²) in [5.74, 6) is 0. The van der Waals surface area contributed by atoms with E-state index in [0.717, 1.165) is 5.69 Å². The van der Waals surface area contributed by atoms with Gasteiger partial charge in [-0.05, 0) is 18.2 Å². The van der Waals surface area contributed by atoms with Crippen LogP contribution in [0.3, 0.4) is 0 Å². The van der Waals surface area contributed by atoms with Crippen molar-refractivity contribution in [1.82, 2.24) is 9.78 Å². The standard InChI is InChI=1S/C13H14N4O/c14-8-11-4-1-2-5-13(11)15-9-12(18)10-17-7-3-6-16-17/h1-7,12,15,18H,9-10H2. The molecule has 0 radical (unpaired) electrons. The Balaban J connectivity index is 1.89. The molecule has 1 atom stereocenters. The number of aliphatic hydroxyl groups excluding tert-OH is 1. The van der Waals surface area contributed by atoms with Gasteiger partial charge in [-0.3, -0.25) is 4.68 Å². The Kier molecular flexibility index (Phi) is 3.94. The zero-order valence-corrected chi connectivity index (χ0v) is 9.82. The topological polar surface area (TPSA) is 73.9 Å². The van der Waals surface area contributed by atoms with Crippen molar-refractivity contribution in [3.63, 3.8) is 0 Å². The zero-order chi connectivity index (χ0) is 12.8. The van der Waals surface area contributed by atoms with Gasteiger partial charge in [0, 0.05) is 18.9 Å². The fraction of sp³-hybridized carbons (Fsp3) is 0.231. The molecule has 2 aromatic rings. The molecule has 0 aliphatic rings. The predicted octanol–water partition coefficient (Wildman–Crippen LogP) is 1.23. The Hall–Kier alpha value is -2.32. The Morgan fingerprint density at radius 1 is 1.39 bits per heavy atom. The number of nitrogens with zero attached hydrogens (tertiary/aromatic N) is 3. The molecule has 0 fully saturated rings. The van der Waals surface area contributed by atoms with Crippen LogP contribution < -0.4 is 5.32 Å². The number of nitrogens with one attached hydrogen (secondary N) is 1. The van der Waals surface area contributed by atoms with Crippen molar-refractivity contribution in [3.05, 3.63) is 48.3 Å². The number of para-hydroxylation sites is 1. The first-order chi connectivity index (χ1) is 8.79. The highest BCUT2D eigenvalue weighted by Crippen LogP contribution is 2.13. The minimum Gasteiger partial charge on any atom is -0.389 e. The van der Waals surface area contributed by atoms with Crippen LogP contribution in [0.15, 0.2) is 42.7 Å². The van der Waals surface area contributed by atoms with Gasteiger partial charge in [0.2, 0.25) is 0 Å². The van der Waals surface area contributed by atoms with Crippen molar-refractivity contribution < 1.29 is 5.11 Å². The molecule has 5 nitrogen and oxygen atoms in total. The number of benzene rings is 1. The van der Waals surface area contributed by atoms with Crippen LogP contribution in [0.2, 0.25) is 0 Å². The summed E-state index contributed by atoms with van der Waals surface area (Å²) >= 11 is 0. The molecule has 92 valence electrons. The fourth-order valence-electron chi connectivity index (χ4n) is 1.65. The van der Waals surface area contributed by atoms with Crippen molar-refractivity contribution in [2.24, 2.45) is 0 Å². The molecule has 1 aromatic heterocycles. The van der Waals surface area contributed by atoms with Crippen molar-refractivity contribution in [2.45, 2.75) is 12.6 Å². The number of rotatable bonds is 5. The van der Waals surface area contributed by atoms with Gasteiger partial charge < -0.3 is 10.4 Å². The molecule has 0 saturated carbocycles. The van der Waals surface area contributed by atoms with Gasteiger partial charge in [-0.25, -0.2) is 0 Å². The maximum Gasteiger partial charge on any atom is 0.101 e. The van der Waals surface area contributed by atoms with Crippen LogP contribution in [0.25, 0.3) is 0 Å². The summed E-state index contributed by atoms with van der Waals surface area (Å²) in [6.07, 6.45) is 2.91. The molecular weight excluding hydrogens is 228 g/mol. The van der Waals surface area contributed by atoms with E-state index in [1.165, 1.54) is 0 Å². The SMILES string of the molecule is N#Cc1ccccc1NCC(O)Cn1cccn1. The molecule has 0 aliphatic heterocycles. The summed E-state index contributed by atoms with van der Waals surface area (Å²) in [6.45, 7) is 0.799. The van der Waals surface area contributed by atoms with Crippen molar-refractivity contribution >= 4 is 5.69 Å². The smallest absolute Gasteiger partial charge is 0.101 e. The van der Waals surface area contributed by atoms with Gasteiger partial charge in [-0.1, -0.05) is 12.1 Å². The van der Waals surface area contributed by atoms with Crippen LogP contribution in [0.4, 0.5) is 5.69 Å². The van der Waals surface area contributed by atoms with Gasteiger partial charge in [-0.2, -0.15) is 10.4 Å². The summed E-state index contributed by atoms with van der Waals surface area (Å²) < 4.78 is 1.67. The lowest BCUT2D eigenvalue weighted by Gasteiger charge is -2.13. The van der Waals surface area contributed by atoms with Crippen LogP contribution >= 0.6 is 0 Å². The van der Waals surface area contributed by atoms with Gasteiger partial charge in [0.1, 0.15) is 6.07 Å². The second kappa shape index (κ2) is 5.84. The Morgan fingerprint density at radius 2 is 2.22 bits per heavy atom. The lowest BCUT2D eigenvalue weighted by Crippen LogP contribution is -2.25. The first kappa shape index (κ1) is 12.1. The number of anilines is 1. The third kappa shape index (κ3) is 3.09. The lowest BCUT2D eigenvalue weighted by atomic mass is 10.2. The fourth-order valence-corrected chi connectivity index (χ4v) is 1.65. The van der Waals surface area contributed by atoms with E-state index in [0.29, 0.717) is 18.7 Å². The van der Waals surface area contributed by atoms with Gasteiger partial charge in [-0.15, -0.1) is 0 Å². The second-order valence-corrected chi connectivity index (χ2v) is 3.92. The Morgan fingerprint density at radius 3 is 2.94 bits per heavy atom. The number of aliphatic hydroxyl groups is 1. The van der Waals surface area contributed by atoms with Crippen LogP contribution in [-0.4, -0.2) is 27.5 Å². The molecule has 0 bridgehead atoms. The maximum atomic E-state index is 9.84. The molecule has 0 aliphatic carbocycles. The van der Waals surface area contributed by atoms with Gasteiger partial charge in [0.15, 0.2) is 0 Å². The number of nitriles is 1. The van der Waals surface area contributed by atoms with E-state index in [2.05, 4.69) is 16.5 Å². The minimum absolute atomic E-state index is 0.374. The molecule has 1 unspecified atom stereocenters. The summed E-state index contributed by atoms with van der Waals surface area (Å²) in [7, 11) is 0. The average Bonchev–Trinajstić information content (AvgIpc) is 2.89. The highest BCUT2D eigenvalue weighted by Gasteiger charge is 2.06. The highest BCUT2D eigenvalue weighted by molar-refractivity contribution is 5.57. The molecule has 1 heterocycles. The molecule has 0 amide bonds. The highest BCUT2D eigenvalue weighted by atomic mass is 16.3. The second-order valence-electron chi connectivity index (χ2n) is 3.92. The van der Waals surface area contributed by atoms with Crippen molar-refractivity contribution in [2.75, 3.05) is 11.9 Å². The van der Waals surface area contributed by atoms with Crippen LogP contribution in [0, 0.1) is 11.3 Å². The largest absolute Gasteiger partial charge is 0.389 e. The van der Waals surface area contributed by atoms with E-state index in [1.807, 2.05) is 24.3 Å². The molecule has 18 heavy (non-hydrogen) atoms. The quantitative estimate of drug-likeness (QED) is 0.827. The van der Waals surface area contributed by atoms with E-state index in [9.17, 15) is 5.11 Å². The van der Waals surface area contributed by atoms with E-state index in [4.69, 9.17) is 5.26 Å². The molecule has 0 spiro atoms. The number of hydrogen-bond acceptors (Lipinski definition) is 4. The monoisotopic (exact) mass is 242 g/mol. The third-order valence-electron chi connectivity index (χ3n) is 2.53. The van der Waals surface area contributed by atoms with E-state index in [-0.39, 0.29) is 0 Å². The lowest BCUT2D eigenvalue weighted by molar-refractivity contribution is 0.161. The van der Waals surface area contributed by atoms with Crippen molar-refractivity contribution in [3.8, 4) is 6.07 Å². The maximum absolute atomic E-state index is 9.84. The van der Waals surface area contributed by atoms with Crippen LogP contribution in [-0.2, 0) is 6.54 Å². The zero-order valence-electron chi connectivity index (χ0n) is 9.82. The number of hydrogen-bond donors (Lipinski definition) is 2.